The first kappa shape index (κ1) is 12.4. The number of hydrogen-bond donors (Lipinski definition) is 1. The van der Waals surface area contributed by atoms with Crippen molar-refractivity contribution in [1.82, 2.24) is 4.90 Å². The molecule has 0 radical (unpaired) electrons. The summed E-state index contributed by atoms with van der Waals surface area (Å²) in [6.07, 6.45) is 11.0. The summed E-state index contributed by atoms with van der Waals surface area (Å²) in [5, 5.41) is 9.46. The van der Waals surface area contributed by atoms with Gasteiger partial charge in [-0.25, -0.2) is 0 Å². The van der Waals surface area contributed by atoms with E-state index in [2.05, 4.69) is 11.9 Å². The number of nitrogens with zero attached hydrogens (tertiary/aromatic N) is 1. The predicted molar refractivity (Wildman–Crippen MR) is 67.4 cm³/mol. The SMILES string of the molecule is CN(CC1CCCCC1)CC1(CO)CCC1. The molecule has 0 aromatic carbocycles. The Kier molecular flexibility index (Phi) is 4.26. The zero-order chi connectivity index (χ0) is 11.4. The third-order valence-corrected chi connectivity index (χ3v) is 4.65. The molecule has 0 amide bonds. The lowest BCUT2D eigenvalue weighted by Gasteiger charge is -2.43. The average molecular weight is 225 g/mol. The number of aliphatic hydroxyl groups excluding tert-OH is 1. The van der Waals surface area contributed by atoms with Gasteiger partial charge < -0.3 is 10.0 Å². The van der Waals surface area contributed by atoms with Crippen LogP contribution in [0.15, 0.2) is 0 Å². The molecule has 2 saturated carbocycles. The summed E-state index contributed by atoms with van der Waals surface area (Å²) in [5.41, 5.74) is 0.267. The van der Waals surface area contributed by atoms with Crippen LogP contribution in [0.5, 0.6) is 0 Å². The quantitative estimate of drug-likeness (QED) is 0.777. The van der Waals surface area contributed by atoms with Gasteiger partial charge in [0.2, 0.25) is 0 Å². The molecule has 1 N–H and O–H groups in total. The summed E-state index contributed by atoms with van der Waals surface area (Å²) in [7, 11) is 2.24. The van der Waals surface area contributed by atoms with Crippen LogP contribution >= 0.6 is 0 Å². The van der Waals surface area contributed by atoms with E-state index in [1.807, 2.05) is 0 Å². The molecular weight excluding hydrogens is 198 g/mol. The average Bonchev–Trinajstić information content (AvgIpc) is 2.25. The van der Waals surface area contributed by atoms with Gasteiger partial charge in [0.1, 0.15) is 0 Å². The van der Waals surface area contributed by atoms with Gasteiger partial charge in [-0.1, -0.05) is 25.7 Å². The minimum Gasteiger partial charge on any atom is -0.396 e. The van der Waals surface area contributed by atoms with Crippen LogP contribution in [0.1, 0.15) is 51.4 Å². The molecule has 0 aromatic heterocycles. The molecule has 0 atom stereocenters. The maximum atomic E-state index is 9.46. The van der Waals surface area contributed by atoms with Crippen molar-refractivity contribution >= 4 is 0 Å². The van der Waals surface area contributed by atoms with Crippen molar-refractivity contribution in [2.75, 3.05) is 26.7 Å². The van der Waals surface area contributed by atoms with Gasteiger partial charge in [0.15, 0.2) is 0 Å². The van der Waals surface area contributed by atoms with Gasteiger partial charge in [0, 0.05) is 25.1 Å². The molecule has 94 valence electrons. The first-order chi connectivity index (χ1) is 7.74. The van der Waals surface area contributed by atoms with Gasteiger partial charge in [-0.05, 0) is 38.6 Å². The van der Waals surface area contributed by atoms with Crippen molar-refractivity contribution in [3.05, 3.63) is 0 Å². The van der Waals surface area contributed by atoms with Crippen LogP contribution in [-0.2, 0) is 0 Å². The molecule has 0 aliphatic heterocycles. The number of aliphatic hydroxyl groups is 1. The zero-order valence-corrected chi connectivity index (χ0v) is 10.7. The Labute approximate surface area is 100 Å². The maximum Gasteiger partial charge on any atom is 0.0499 e. The number of hydrogen-bond acceptors (Lipinski definition) is 2. The largest absolute Gasteiger partial charge is 0.396 e. The lowest BCUT2D eigenvalue weighted by molar-refractivity contribution is 0.00988. The predicted octanol–water partition coefficient (Wildman–Crippen LogP) is 2.66. The van der Waals surface area contributed by atoms with Crippen LogP contribution in [0.4, 0.5) is 0 Å². The van der Waals surface area contributed by atoms with Crippen LogP contribution in [-0.4, -0.2) is 36.8 Å². The Morgan fingerprint density at radius 3 is 2.31 bits per heavy atom. The molecule has 0 heterocycles. The highest BCUT2D eigenvalue weighted by molar-refractivity contribution is 4.89. The highest BCUT2D eigenvalue weighted by Gasteiger charge is 2.37. The summed E-state index contributed by atoms with van der Waals surface area (Å²) in [4.78, 5) is 2.48. The van der Waals surface area contributed by atoms with E-state index < -0.39 is 0 Å². The first-order valence-corrected chi connectivity index (χ1v) is 7.03. The van der Waals surface area contributed by atoms with Gasteiger partial charge in [-0.15, -0.1) is 0 Å². The van der Waals surface area contributed by atoms with Gasteiger partial charge in [-0.3, -0.25) is 0 Å². The van der Waals surface area contributed by atoms with E-state index in [0.717, 1.165) is 12.5 Å². The van der Waals surface area contributed by atoms with Crippen molar-refractivity contribution in [2.24, 2.45) is 11.3 Å². The summed E-state index contributed by atoms with van der Waals surface area (Å²) in [6.45, 7) is 2.75. The Morgan fingerprint density at radius 1 is 1.12 bits per heavy atom. The summed E-state index contributed by atoms with van der Waals surface area (Å²) in [6, 6.07) is 0. The molecule has 0 spiro atoms. The van der Waals surface area contributed by atoms with Gasteiger partial charge in [-0.2, -0.15) is 0 Å². The van der Waals surface area contributed by atoms with Crippen LogP contribution in [0.3, 0.4) is 0 Å². The molecular formula is C14H27NO. The molecule has 0 bridgehead atoms. The molecule has 2 aliphatic carbocycles. The van der Waals surface area contributed by atoms with E-state index in [4.69, 9.17) is 0 Å². The standard InChI is InChI=1S/C14H27NO/c1-15(10-13-6-3-2-4-7-13)11-14(12-16)8-5-9-14/h13,16H,2-12H2,1H3. The third kappa shape index (κ3) is 2.98. The van der Waals surface area contributed by atoms with Crippen LogP contribution < -0.4 is 0 Å². The van der Waals surface area contributed by atoms with E-state index in [9.17, 15) is 5.11 Å². The topological polar surface area (TPSA) is 23.5 Å². The fraction of sp³-hybridized carbons (Fsp3) is 1.00. The fourth-order valence-electron chi connectivity index (χ4n) is 3.49. The second-order valence-electron chi connectivity index (χ2n) is 6.21. The van der Waals surface area contributed by atoms with E-state index in [0.29, 0.717) is 6.61 Å². The Balaban J connectivity index is 1.72. The molecule has 2 nitrogen and oxygen atoms in total. The smallest absolute Gasteiger partial charge is 0.0499 e. The molecule has 2 heteroatoms. The summed E-state index contributed by atoms with van der Waals surface area (Å²) in [5.74, 6) is 0.926. The molecule has 2 aliphatic rings. The maximum absolute atomic E-state index is 9.46. The minimum absolute atomic E-state index is 0.267. The van der Waals surface area contributed by atoms with E-state index in [-0.39, 0.29) is 5.41 Å². The molecule has 2 fully saturated rings. The van der Waals surface area contributed by atoms with Crippen molar-refractivity contribution < 1.29 is 5.11 Å². The summed E-state index contributed by atoms with van der Waals surface area (Å²) >= 11 is 0. The van der Waals surface area contributed by atoms with Crippen LogP contribution in [0.2, 0.25) is 0 Å². The Hall–Kier alpha value is -0.0800. The minimum atomic E-state index is 0.267. The zero-order valence-electron chi connectivity index (χ0n) is 10.7. The Bertz CT molecular complexity index is 201. The molecule has 16 heavy (non-hydrogen) atoms. The van der Waals surface area contributed by atoms with Gasteiger partial charge in [0.25, 0.3) is 0 Å². The van der Waals surface area contributed by atoms with Crippen LogP contribution in [0.25, 0.3) is 0 Å². The highest BCUT2D eigenvalue weighted by atomic mass is 16.3. The summed E-state index contributed by atoms with van der Waals surface area (Å²) < 4.78 is 0. The van der Waals surface area contributed by atoms with E-state index in [1.54, 1.807) is 0 Å². The Morgan fingerprint density at radius 2 is 1.81 bits per heavy atom. The second kappa shape index (κ2) is 5.50. The van der Waals surface area contributed by atoms with Crippen molar-refractivity contribution in [1.29, 1.82) is 0 Å². The fourth-order valence-corrected chi connectivity index (χ4v) is 3.49. The van der Waals surface area contributed by atoms with Crippen molar-refractivity contribution in [3.8, 4) is 0 Å². The molecule has 0 aromatic rings. The molecule has 2 rings (SSSR count). The molecule has 0 unspecified atom stereocenters. The van der Waals surface area contributed by atoms with Crippen LogP contribution in [0, 0.1) is 11.3 Å². The number of rotatable bonds is 5. The van der Waals surface area contributed by atoms with Gasteiger partial charge >= 0.3 is 0 Å². The highest BCUT2D eigenvalue weighted by Crippen LogP contribution is 2.41. The second-order valence-corrected chi connectivity index (χ2v) is 6.21. The monoisotopic (exact) mass is 225 g/mol. The molecule has 0 saturated heterocycles. The lowest BCUT2D eigenvalue weighted by Crippen LogP contribution is -2.44. The first-order valence-electron chi connectivity index (χ1n) is 7.03. The van der Waals surface area contributed by atoms with Crippen molar-refractivity contribution in [3.63, 3.8) is 0 Å². The normalized spacial score (nSPS) is 25.7. The van der Waals surface area contributed by atoms with Gasteiger partial charge in [0.05, 0.1) is 0 Å². The van der Waals surface area contributed by atoms with Crippen molar-refractivity contribution in [2.45, 2.75) is 51.4 Å². The van der Waals surface area contributed by atoms with E-state index in [1.165, 1.54) is 57.9 Å². The lowest BCUT2D eigenvalue weighted by atomic mass is 9.69. The van der Waals surface area contributed by atoms with E-state index >= 15 is 0 Å². The third-order valence-electron chi connectivity index (χ3n) is 4.65.